The molecule has 1 spiro atoms. The average molecular weight is 421 g/mol. The molecule has 162 valence electrons. The van der Waals surface area contributed by atoms with E-state index in [-0.39, 0.29) is 17.9 Å². The Morgan fingerprint density at radius 1 is 1.35 bits per heavy atom. The Hall–Kier alpha value is -2.93. The summed E-state index contributed by atoms with van der Waals surface area (Å²) in [6.45, 7) is 5.32. The van der Waals surface area contributed by atoms with E-state index in [1.165, 1.54) is 5.56 Å². The zero-order chi connectivity index (χ0) is 21.8. The van der Waals surface area contributed by atoms with Crippen LogP contribution in [0.2, 0.25) is 0 Å². The van der Waals surface area contributed by atoms with Gasteiger partial charge in [-0.25, -0.2) is 0 Å². The van der Waals surface area contributed by atoms with Crippen molar-refractivity contribution in [2.24, 2.45) is 11.8 Å². The molecule has 31 heavy (non-hydrogen) atoms. The second-order valence-corrected chi connectivity index (χ2v) is 9.19. The van der Waals surface area contributed by atoms with Crippen LogP contribution in [-0.2, 0) is 20.7 Å². The van der Waals surface area contributed by atoms with Crippen molar-refractivity contribution < 1.29 is 14.3 Å². The Balaban J connectivity index is 1.35. The summed E-state index contributed by atoms with van der Waals surface area (Å²) in [5.41, 5.74) is 2.44. The number of benzene rings is 1. The molecule has 3 aliphatic rings. The molecule has 4 atom stereocenters. The largest absolute Gasteiger partial charge is 0.360 e. The molecule has 1 N–H and O–H groups in total. The van der Waals surface area contributed by atoms with Crippen LogP contribution in [0.25, 0.3) is 0 Å². The van der Waals surface area contributed by atoms with Crippen molar-refractivity contribution in [1.29, 1.82) is 0 Å². The van der Waals surface area contributed by atoms with Gasteiger partial charge in [0.15, 0.2) is 0 Å². The van der Waals surface area contributed by atoms with Crippen molar-refractivity contribution in [2.75, 3.05) is 25.0 Å². The minimum Gasteiger partial charge on any atom is -0.360 e. The van der Waals surface area contributed by atoms with Gasteiger partial charge >= 0.3 is 0 Å². The van der Waals surface area contributed by atoms with Gasteiger partial charge in [0.05, 0.1) is 30.7 Å². The Bertz CT molecular complexity index is 1010. The summed E-state index contributed by atoms with van der Waals surface area (Å²) >= 11 is 0. The molecule has 2 aromatic rings. The smallest absolute Gasteiger partial charge is 0.234 e. The molecule has 0 aliphatic carbocycles. The number of aromatic nitrogens is 2. The molecule has 2 fully saturated rings. The van der Waals surface area contributed by atoms with Gasteiger partial charge in [-0.2, -0.15) is 5.10 Å². The number of amides is 2. The number of H-pyrrole nitrogens is 1. The standard InChI is InChI=1S/C24H28N4O3/c1-15(2)17-4-6-18(7-5-17)28-14-24-10-8-19(31-24)20(21(24)23(28)30)22(29)27(3)11-9-16-12-25-26-13-16/h4-8,10,12-13,15,19-21H,9,11,14H2,1-3H3,(H,25,26)/t19-,20-,21-,24-/m0/s1. The molecule has 0 radical (unpaired) electrons. The zero-order valence-corrected chi connectivity index (χ0v) is 18.1. The maximum Gasteiger partial charge on any atom is 0.234 e. The van der Waals surface area contributed by atoms with E-state index in [0.29, 0.717) is 25.4 Å². The molecule has 2 bridgehead atoms. The van der Waals surface area contributed by atoms with Crippen molar-refractivity contribution in [3.8, 4) is 0 Å². The monoisotopic (exact) mass is 420 g/mol. The van der Waals surface area contributed by atoms with E-state index in [0.717, 1.165) is 11.3 Å². The van der Waals surface area contributed by atoms with Gasteiger partial charge < -0.3 is 14.5 Å². The third kappa shape index (κ3) is 3.19. The quantitative estimate of drug-likeness (QED) is 0.729. The van der Waals surface area contributed by atoms with Gasteiger partial charge in [0.2, 0.25) is 11.8 Å². The van der Waals surface area contributed by atoms with Crippen molar-refractivity contribution in [3.05, 3.63) is 59.9 Å². The number of likely N-dealkylation sites (N-methyl/N-ethyl adjacent to an activating group) is 1. The Morgan fingerprint density at radius 2 is 2.13 bits per heavy atom. The number of hydrogen-bond acceptors (Lipinski definition) is 4. The topological polar surface area (TPSA) is 78.5 Å². The summed E-state index contributed by atoms with van der Waals surface area (Å²) in [6.07, 6.45) is 7.94. The van der Waals surface area contributed by atoms with Crippen LogP contribution in [-0.4, -0.2) is 58.8 Å². The second kappa shape index (κ2) is 7.34. The highest BCUT2D eigenvalue weighted by Crippen LogP contribution is 2.53. The van der Waals surface area contributed by atoms with Gasteiger partial charge in [0, 0.05) is 25.5 Å². The minimum atomic E-state index is -0.704. The molecule has 2 saturated heterocycles. The van der Waals surface area contributed by atoms with Crippen molar-refractivity contribution in [3.63, 3.8) is 0 Å². The molecule has 7 heteroatoms. The predicted octanol–water partition coefficient (Wildman–Crippen LogP) is 2.52. The van der Waals surface area contributed by atoms with E-state index in [4.69, 9.17) is 4.74 Å². The maximum absolute atomic E-state index is 13.5. The second-order valence-electron chi connectivity index (χ2n) is 9.19. The highest BCUT2D eigenvalue weighted by Gasteiger charge is 2.67. The van der Waals surface area contributed by atoms with E-state index >= 15 is 0 Å². The van der Waals surface area contributed by atoms with Crippen molar-refractivity contribution in [2.45, 2.75) is 37.9 Å². The summed E-state index contributed by atoms with van der Waals surface area (Å²) in [5.74, 6) is -0.577. The molecule has 7 nitrogen and oxygen atoms in total. The average Bonchev–Trinajstić information content (AvgIpc) is 3.54. The van der Waals surface area contributed by atoms with Crippen LogP contribution in [0.15, 0.2) is 48.8 Å². The van der Waals surface area contributed by atoms with Gasteiger partial charge in [0.1, 0.15) is 5.60 Å². The summed E-state index contributed by atoms with van der Waals surface area (Å²) in [4.78, 5) is 30.4. The number of hydrogen-bond donors (Lipinski definition) is 1. The van der Waals surface area contributed by atoms with Gasteiger partial charge in [0.25, 0.3) is 0 Å². The molecular weight excluding hydrogens is 392 g/mol. The first-order chi connectivity index (χ1) is 14.9. The third-order valence-corrected chi connectivity index (χ3v) is 6.92. The van der Waals surface area contributed by atoms with Crippen LogP contribution < -0.4 is 4.90 Å². The summed E-state index contributed by atoms with van der Waals surface area (Å²) in [5, 5.41) is 6.74. The van der Waals surface area contributed by atoms with Crippen LogP contribution in [0.1, 0.15) is 30.9 Å². The van der Waals surface area contributed by atoms with Crippen LogP contribution in [0.5, 0.6) is 0 Å². The number of nitrogens with zero attached hydrogens (tertiary/aromatic N) is 3. The zero-order valence-electron chi connectivity index (χ0n) is 18.1. The maximum atomic E-state index is 13.5. The lowest BCUT2D eigenvalue weighted by molar-refractivity contribution is -0.139. The number of anilines is 1. The molecular formula is C24H28N4O3. The highest BCUT2D eigenvalue weighted by molar-refractivity contribution is 6.03. The SMILES string of the molecule is CC(C)c1ccc(N2C[C@]34C=C[C@H](O3)[C@H](C(=O)N(C)CCc3cn[nH]c3)[C@H]4C2=O)cc1. The fourth-order valence-corrected chi connectivity index (χ4v) is 5.11. The van der Waals surface area contributed by atoms with E-state index in [1.54, 1.807) is 23.0 Å². The lowest BCUT2D eigenvalue weighted by Crippen LogP contribution is -2.45. The minimum absolute atomic E-state index is 0.0225. The van der Waals surface area contributed by atoms with Gasteiger partial charge in [-0.3, -0.25) is 14.7 Å². The molecule has 5 rings (SSSR count). The molecule has 1 aromatic heterocycles. The Morgan fingerprint density at radius 3 is 2.81 bits per heavy atom. The fraction of sp³-hybridized carbons (Fsp3) is 0.458. The highest BCUT2D eigenvalue weighted by atomic mass is 16.5. The first-order valence-corrected chi connectivity index (χ1v) is 10.9. The molecule has 0 saturated carbocycles. The first-order valence-electron chi connectivity index (χ1n) is 10.9. The summed E-state index contributed by atoms with van der Waals surface area (Å²) < 4.78 is 6.27. The van der Waals surface area contributed by atoms with Crippen molar-refractivity contribution in [1.82, 2.24) is 15.1 Å². The van der Waals surface area contributed by atoms with Gasteiger partial charge in [-0.1, -0.05) is 38.1 Å². The normalized spacial score (nSPS) is 28.6. The third-order valence-electron chi connectivity index (χ3n) is 6.92. The molecule has 4 heterocycles. The lowest BCUT2D eigenvalue weighted by Gasteiger charge is -2.27. The molecule has 3 aliphatic heterocycles. The van der Waals surface area contributed by atoms with E-state index < -0.39 is 17.4 Å². The number of aromatic amines is 1. The van der Waals surface area contributed by atoms with Crippen LogP contribution in [0.3, 0.4) is 0 Å². The number of carbonyl (C=O) groups excluding carboxylic acids is 2. The number of nitrogens with one attached hydrogen (secondary N) is 1. The summed E-state index contributed by atoms with van der Waals surface area (Å²) in [6, 6.07) is 8.13. The van der Waals surface area contributed by atoms with Gasteiger partial charge in [-0.05, 0) is 35.6 Å². The predicted molar refractivity (Wildman–Crippen MR) is 117 cm³/mol. The lowest BCUT2D eigenvalue weighted by atomic mass is 9.76. The summed E-state index contributed by atoms with van der Waals surface area (Å²) in [7, 11) is 1.80. The number of rotatable bonds is 6. The van der Waals surface area contributed by atoms with Crippen LogP contribution in [0, 0.1) is 11.8 Å². The Kier molecular flexibility index (Phi) is 4.73. The van der Waals surface area contributed by atoms with E-state index in [2.05, 4.69) is 36.2 Å². The fourth-order valence-electron chi connectivity index (χ4n) is 5.11. The first kappa shape index (κ1) is 20.0. The van der Waals surface area contributed by atoms with E-state index in [1.807, 2.05) is 30.5 Å². The van der Waals surface area contributed by atoms with Gasteiger partial charge in [-0.15, -0.1) is 0 Å². The number of ether oxygens (including phenoxy) is 1. The van der Waals surface area contributed by atoms with Crippen molar-refractivity contribution >= 4 is 17.5 Å². The molecule has 2 amide bonds. The number of fused-ring (bicyclic) bond motifs is 1. The number of carbonyl (C=O) groups is 2. The van der Waals surface area contributed by atoms with E-state index in [9.17, 15) is 9.59 Å². The molecule has 0 unspecified atom stereocenters. The molecule has 1 aromatic carbocycles. The Labute approximate surface area is 182 Å². The van der Waals surface area contributed by atoms with Crippen LogP contribution >= 0.6 is 0 Å². The van der Waals surface area contributed by atoms with Crippen LogP contribution in [0.4, 0.5) is 5.69 Å².